The van der Waals surface area contributed by atoms with Gasteiger partial charge in [0.05, 0.1) is 11.5 Å². The van der Waals surface area contributed by atoms with Crippen molar-refractivity contribution in [2.45, 2.75) is 25.9 Å². The first-order valence-electron chi connectivity index (χ1n) is 4.35. The highest BCUT2D eigenvalue weighted by atomic mass is 16.3. The molecule has 0 aromatic heterocycles. The molecule has 0 aliphatic carbocycles. The third-order valence-corrected chi connectivity index (χ3v) is 2.74. The van der Waals surface area contributed by atoms with Gasteiger partial charge in [-0.15, -0.1) is 0 Å². The van der Waals surface area contributed by atoms with Crippen molar-refractivity contribution in [3.63, 3.8) is 0 Å². The molecule has 0 aromatic rings. The number of nitrogens with zero attached hydrogens (tertiary/aromatic N) is 1. The third kappa shape index (κ3) is 1.84. The summed E-state index contributed by atoms with van der Waals surface area (Å²) >= 11 is 0. The number of Topliss-reactive ketones (excluding diaryl/α,β-unsaturated/α-hetero) is 1. The van der Waals surface area contributed by atoms with E-state index in [1.165, 1.54) is 0 Å². The van der Waals surface area contributed by atoms with Gasteiger partial charge in [-0.2, -0.15) is 0 Å². The topological polar surface area (TPSA) is 40.5 Å². The summed E-state index contributed by atoms with van der Waals surface area (Å²) in [6.45, 7) is 4.86. The number of hydrogen-bond donors (Lipinski definition) is 1. The van der Waals surface area contributed by atoms with E-state index in [0.717, 1.165) is 6.54 Å². The van der Waals surface area contributed by atoms with Crippen LogP contribution in [-0.4, -0.2) is 41.5 Å². The Balaban J connectivity index is 2.72. The van der Waals surface area contributed by atoms with Gasteiger partial charge in [-0.25, -0.2) is 0 Å². The fraction of sp³-hybridized carbons (Fsp3) is 0.889. The Morgan fingerprint density at radius 3 is 2.67 bits per heavy atom. The van der Waals surface area contributed by atoms with Gasteiger partial charge in [0, 0.05) is 13.1 Å². The van der Waals surface area contributed by atoms with Gasteiger partial charge in [0.2, 0.25) is 0 Å². The highest BCUT2D eigenvalue weighted by molar-refractivity contribution is 5.79. The van der Waals surface area contributed by atoms with E-state index < -0.39 is 5.60 Å². The lowest BCUT2D eigenvalue weighted by atomic mass is 9.80. The Morgan fingerprint density at radius 2 is 2.25 bits per heavy atom. The number of carbonyl (C=O) groups is 1. The average Bonchev–Trinajstić information content (AvgIpc) is 1.94. The van der Waals surface area contributed by atoms with Crippen molar-refractivity contribution in [2.24, 2.45) is 5.92 Å². The van der Waals surface area contributed by atoms with Crippen LogP contribution >= 0.6 is 0 Å². The van der Waals surface area contributed by atoms with Gasteiger partial charge in [-0.1, -0.05) is 0 Å². The molecule has 0 bridgehead atoms. The summed E-state index contributed by atoms with van der Waals surface area (Å²) in [5, 5.41) is 9.87. The van der Waals surface area contributed by atoms with E-state index in [0.29, 0.717) is 13.0 Å². The average molecular weight is 171 g/mol. The van der Waals surface area contributed by atoms with Crippen LogP contribution < -0.4 is 0 Å². The largest absolute Gasteiger partial charge is 0.389 e. The number of aliphatic hydroxyl groups is 1. The van der Waals surface area contributed by atoms with Crippen LogP contribution in [0, 0.1) is 5.92 Å². The molecule has 0 unspecified atom stereocenters. The van der Waals surface area contributed by atoms with Gasteiger partial charge in [0.15, 0.2) is 0 Å². The second-order valence-corrected chi connectivity index (χ2v) is 4.03. The van der Waals surface area contributed by atoms with E-state index in [1.807, 2.05) is 7.05 Å². The minimum Gasteiger partial charge on any atom is -0.389 e. The molecule has 0 spiro atoms. The maximum Gasteiger partial charge on any atom is 0.137 e. The number of carbonyl (C=O) groups excluding carboxylic acids is 1. The van der Waals surface area contributed by atoms with E-state index in [-0.39, 0.29) is 11.7 Å². The lowest BCUT2D eigenvalue weighted by Crippen LogP contribution is -2.51. The molecule has 3 nitrogen and oxygen atoms in total. The summed E-state index contributed by atoms with van der Waals surface area (Å²) in [5.74, 6) is -0.122. The number of rotatable bonds is 1. The number of ketones is 1. The molecular formula is C9H17NO2. The second-order valence-electron chi connectivity index (χ2n) is 4.03. The summed E-state index contributed by atoms with van der Waals surface area (Å²) in [4.78, 5) is 13.3. The van der Waals surface area contributed by atoms with Gasteiger partial charge in [0.25, 0.3) is 0 Å². The molecule has 3 heteroatoms. The summed E-state index contributed by atoms with van der Waals surface area (Å²) in [6, 6.07) is 0. The van der Waals surface area contributed by atoms with Crippen LogP contribution in [0.2, 0.25) is 0 Å². The Morgan fingerprint density at radius 1 is 1.67 bits per heavy atom. The molecule has 1 aliphatic rings. The highest BCUT2D eigenvalue weighted by Gasteiger charge is 2.39. The van der Waals surface area contributed by atoms with Crippen molar-refractivity contribution < 1.29 is 9.90 Å². The zero-order valence-corrected chi connectivity index (χ0v) is 8.00. The highest BCUT2D eigenvalue weighted by Crippen LogP contribution is 2.27. The third-order valence-electron chi connectivity index (χ3n) is 2.74. The van der Waals surface area contributed by atoms with Gasteiger partial charge in [-0.05, 0) is 27.3 Å². The first-order chi connectivity index (χ1) is 5.43. The molecule has 12 heavy (non-hydrogen) atoms. The molecule has 2 atom stereocenters. The Kier molecular flexibility index (Phi) is 2.54. The smallest absolute Gasteiger partial charge is 0.137 e. The van der Waals surface area contributed by atoms with Gasteiger partial charge < -0.3 is 10.0 Å². The predicted octanol–water partition coefficient (Wildman–Crippen LogP) is 0.278. The molecule has 0 radical (unpaired) electrons. The molecule has 1 fully saturated rings. The fourth-order valence-corrected chi connectivity index (χ4v) is 1.76. The lowest BCUT2D eigenvalue weighted by molar-refractivity contribution is -0.134. The maximum atomic E-state index is 11.2. The van der Waals surface area contributed by atoms with Crippen LogP contribution in [-0.2, 0) is 4.79 Å². The standard InChI is InChI=1S/C9H17NO2/c1-7(11)8-6-10(3)5-4-9(8,2)12/h8,12H,4-6H2,1-3H3/t8-,9-/m0/s1. The van der Waals surface area contributed by atoms with Crippen molar-refractivity contribution in [1.29, 1.82) is 0 Å². The number of likely N-dealkylation sites (tertiary alicyclic amines) is 1. The second kappa shape index (κ2) is 3.15. The van der Waals surface area contributed by atoms with Crippen molar-refractivity contribution in [3.05, 3.63) is 0 Å². The van der Waals surface area contributed by atoms with Crippen molar-refractivity contribution >= 4 is 5.78 Å². The number of piperidine rings is 1. The molecule has 0 amide bonds. The van der Waals surface area contributed by atoms with Gasteiger partial charge in [-0.3, -0.25) is 4.79 Å². The van der Waals surface area contributed by atoms with Crippen molar-refractivity contribution in [1.82, 2.24) is 4.90 Å². The van der Waals surface area contributed by atoms with Crippen LogP contribution in [0.5, 0.6) is 0 Å². The molecule has 0 aromatic carbocycles. The summed E-state index contributed by atoms with van der Waals surface area (Å²) < 4.78 is 0. The normalized spacial score (nSPS) is 38.2. The number of hydrogen-bond acceptors (Lipinski definition) is 3. The van der Waals surface area contributed by atoms with Gasteiger partial charge >= 0.3 is 0 Å². The Hall–Kier alpha value is -0.410. The Labute approximate surface area is 73.4 Å². The van der Waals surface area contributed by atoms with E-state index in [4.69, 9.17) is 0 Å². The fourth-order valence-electron chi connectivity index (χ4n) is 1.76. The zero-order chi connectivity index (χ0) is 9.35. The monoisotopic (exact) mass is 171 g/mol. The Bertz CT molecular complexity index is 189. The molecule has 1 heterocycles. The molecule has 70 valence electrons. The molecule has 1 N–H and O–H groups in total. The maximum absolute atomic E-state index is 11.2. The van der Waals surface area contributed by atoms with Crippen molar-refractivity contribution in [3.8, 4) is 0 Å². The van der Waals surface area contributed by atoms with E-state index in [9.17, 15) is 9.90 Å². The summed E-state index contributed by atoms with van der Waals surface area (Å²) in [5.41, 5.74) is -0.793. The van der Waals surface area contributed by atoms with Crippen LogP contribution in [0.3, 0.4) is 0 Å². The van der Waals surface area contributed by atoms with Crippen LogP contribution in [0.25, 0.3) is 0 Å². The molecule has 1 rings (SSSR count). The van der Waals surface area contributed by atoms with Gasteiger partial charge in [0.1, 0.15) is 5.78 Å². The van der Waals surface area contributed by atoms with Crippen LogP contribution in [0.1, 0.15) is 20.3 Å². The first kappa shape index (κ1) is 9.68. The van der Waals surface area contributed by atoms with Crippen molar-refractivity contribution in [2.75, 3.05) is 20.1 Å². The summed E-state index contributed by atoms with van der Waals surface area (Å²) in [6.07, 6.45) is 0.688. The lowest BCUT2D eigenvalue weighted by Gasteiger charge is -2.39. The first-order valence-corrected chi connectivity index (χ1v) is 4.35. The van der Waals surface area contributed by atoms with Crippen LogP contribution in [0.4, 0.5) is 0 Å². The minimum atomic E-state index is -0.793. The minimum absolute atomic E-state index is 0.0894. The van der Waals surface area contributed by atoms with E-state index in [2.05, 4.69) is 4.90 Å². The molecule has 1 saturated heterocycles. The SMILES string of the molecule is CC(=O)[C@@H]1CN(C)CC[C@]1(C)O. The zero-order valence-electron chi connectivity index (χ0n) is 8.00. The van der Waals surface area contributed by atoms with E-state index >= 15 is 0 Å². The quantitative estimate of drug-likeness (QED) is 0.616. The molecule has 1 aliphatic heterocycles. The predicted molar refractivity (Wildman–Crippen MR) is 46.9 cm³/mol. The van der Waals surface area contributed by atoms with E-state index in [1.54, 1.807) is 13.8 Å². The van der Waals surface area contributed by atoms with Crippen LogP contribution in [0.15, 0.2) is 0 Å². The summed E-state index contributed by atoms with van der Waals surface area (Å²) in [7, 11) is 1.98. The molecule has 0 saturated carbocycles. The molecular weight excluding hydrogens is 154 g/mol.